The Morgan fingerprint density at radius 3 is 2.48 bits per heavy atom. The van der Waals surface area contributed by atoms with Gasteiger partial charge in [0, 0.05) is 12.4 Å². The highest BCUT2D eigenvalue weighted by Gasteiger charge is 2.32. The van der Waals surface area contributed by atoms with E-state index in [1.807, 2.05) is 58.0 Å². The lowest BCUT2D eigenvalue weighted by Crippen LogP contribution is -2.49. The summed E-state index contributed by atoms with van der Waals surface area (Å²) in [5.41, 5.74) is 6.63. The maximum Gasteiger partial charge on any atom is 0.240 e. The molecule has 4 nitrogen and oxygen atoms in total. The number of carbonyl (C=O) groups is 1. The van der Waals surface area contributed by atoms with E-state index in [2.05, 4.69) is 0 Å². The molecule has 0 fully saturated rings. The number of nitrogens with two attached hydrogens (primary N) is 1. The van der Waals surface area contributed by atoms with Gasteiger partial charge in [0.05, 0.1) is 12.1 Å². The summed E-state index contributed by atoms with van der Waals surface area (Å²) in [5.74, 6) is 0.698. The molecule has 0 saturated carbocycles. The molecule has 1 unspecified atom stereocenters. The molecule has 0 aliphatic rings. The number of nitrogens with zero attached hydrogens (tertiary/aromatic N) is 1. The zero-order chi connectivity index (χ0) is 15.8. The first-order valence-electron chi connectivity index (χ1n) is 7.22. The number of carbonyl (C=O) groups excluding carboxylic acids is 1. The van der Waals surface area contributed by atoms with Crippen LogP contribution in [0.2, 0.25) is 0 Å². The minimum absolute atomic E-state index is 0.0737. The van der Waals surface area contributed by atoms with Crippen molar-refractivity contribution in [2.24, 2.45) is 11.1 Å². The Morgan fingerprint density at radius 2 is 1.90 bits per heavy atom. The van der Waals surface area contributed by atoms with Crippen molar-refractivity contribution in [1.82, 2.24) is 4.90 Å². The van der Waals surface area contributed by atoms with Crippen LogP contribution in [0.25, 0.3) is 11.0 Å². The van der Waals surface area contributed by atoms with Crippen LogP contribution in [0, 0.1) is 5.41 Å². The zero-order valence-electron chi connectivity index (χ0n) is 13.4. The number of hydrogen-bond acceptors (Lipinski definition) is 3. The highest BCUT2D eigenvalue weighted by Crippen LogP contribution is 2.28. The van der Waals surface area contributed by atoms with Crippen molar-refractivity contribution in [3.05, 3.63) is 36.1 Å². The Morgan fingerprint density at radius 1 is 1.29 bits per heavy atom. The predicted octanol–water partition coefficient (Wildman–Crippen LogP) is 3.33. The van der Waals surface area contributed by atoms with Gasteiger partial charge in [0.25, 0.3) is 0 Å². The molecule has 2 atom stereocenters. The lowest BCUT2D eigenvalue weighted by molar-refractivity contribution is -0.135. The monoisotopic (exact) mass is 288 g/mol. The second-order valence-corrected chi connectivity index (χ2v) is 6.66. The van der Waals surface area contributed by atoms with Gasteiger partial charge in [-0.2, -0.15) is 0 Å². The van der Waals surface area contributed by atoms with Crippen molar-refractivity contribution in [2.45, 2.75) is 39.8 Å². The third kappa shape index (κ3) is 3.10. The Bertz CT molecular complexity index is 607. The lowest BCUT2D eigenvalue weighted by atomic mass is 9.86. The molecule has 4 heteroatoms. The minimum atomic E-state index is -0.533. The van der Waals surface area contributed by atoms with E-state index in [9.17, 15) is 4.79 Å². The topological polar surface area (TPSA) is 59.5 Å². The van der Waals surface area contributed by atoms with Crippen LogP contribution in [0.15, 0.2) is 34.7 Å². The quantitative estimate of drug-likeness (QED) is 0.942. The fourth-order valence-corrected chi connectivity index (χ4v) is 2.18. The Labute approximate surface area is 125 Å². The van der Waals surface area contributed by atoms with Crippen LogP contribution in [0.4, 0.5) is 0 Å². The van der Waals surface area contributed by atoms with Crippen LogP contribution >= 0.6 is 0 Å². The molecule has 1 heterocycles. The van der Waals surface area contributed by atoms with E-state index in [1.54, 1.807) is 11.9 Å². The van der Waals surface area contributed by atoms with Crippen LogP contribution in [0.3, 0.4) is 0 Å². The SMILES string of the molecule is CC(c1cc2ccccc2o1)N(C)C(=O)[C@H](N)C(C)(C)C. The van der Waals surface area contributed by atoms with Crippen molar-refractivity contribution in [1.29, 1.82) is 0 Å². The maximum absolute atomic E-state index is 12.5. The van der Waals surface area contributed by atoms with Gasteiger partial charge in [0.1, 0.15) is 11.3 Å². The van der Waals surface area contributed by atoms with E-state index in [0.29, 0.717) is 0 Å². The Kier molecular flexibility index (Phi) is 4.10. The summed E-state index contributed by atoms with van der Waals surface area (Å²) >= 11 is 0. The first-order chi connectivity index (χ1) is 9.71. The molecule has 1 amide bonds. The van der Waals surface area contributed by atoms with Gasteiger partial charge in [-0.3, -0.25) is 4.79 Å². The molecule has 2 N–H and O–H groups in total. The number of likely N-dealkylation sites (N-methyl/N-ethyl adjacent to an activating group) is 1. The van der Waals surface area contributed by atoms with Crippen LogP contribution in [0.1, 0.15) is 39.5 Å². The standard InChI is InChI=1S/C17H24N2O2/c1-11(19(5)16(20)15(18)17(2,3)4)14-10-12-8-6-7-9-13(12)21-14/h6-11,15H,18H2,1-5H3/t11?,15-/m0/s1. The average molecular weight is 288 g/mol. The van der Waals surface area contributed by atoms with Crippen LogP contribution < -0.4 is 5.73 Å². The molecule has 21 heavy (non-hydrogen) atoms. The number of furan rings is 1. The average Bonchev–Trinajstić information content (AvgIpc) is 2.86. The van der Waals surface area contributed by atoms with Crippen LogP contribution in [-0.4, -0.2) is 23.9 Å². The van der Waals surface area contributed by atoms with Crippen molar-refractivity contribution < 1.29 is 9.21 Å². The van der Waals surface area contributed by atoms with Gasteiger partial charge < -0.3 is 15.1 Å². The number of para-hydroxylation sites is 1. The zero-order valence-corrected chi connectivity index (χ0v) is 13.4. The number of benzene rings is 1. The van der Waals surface area contributed by atoms with E-state index in [1.165, 1.54) is 0 Å². The molecule has 114 valence electrons. The summed E-state index contributed by atoms with van der Waals surface area (Å²) in [6.07, 6.45) is 0. The molecule has 0 saturated heterocycles. The van der Waals surface area contributed by atoms with Gasteiger partial charge in [-0.1, -0.05) is 39.0 Å². The first-order valence-corrected chi connectivity index (χ1v) is 7.22. The molecular weight excluding hydrogens is 264 g/mol. The largest absolute Gasteiger partial charge is 0.459 e. The second-order valence-electron chi connectivity index (χ2n) is 6.66. The molecule has 0 spiro atoms. The minimum Gasteiger partial charge on any atom is -0.459 e. The van der Waals surface area contributed by atoms with Crippen molar-refractivity contribution in [2.75, 3.05) is 7.05 Å². The van der Waals surface area contributed by atoms with E-state index in [4.69, 9.17) is 10.2 Å². The number of hydrogen-bond donors (Lipinski definition) is 1. The summed E-state index contributed by atoms with van der Waals surface area (Å²) < 4.78 is 5.83. The molecule has 1 aromatic heterocycles. The molecule has 0 aliphatic carbocycles. The molecule has 0 aliphatic heterocycles. The van der Waals surface area contributed by atoms with Crippen molar-refractivity contribution >= 4 is 16.9 Å². The molecule has 2 rings (SSSR count). The van der Waals surface area contributed by atoms with Crippen LogP contribution in [-0.2, 0) is 4.79 Å². The smallest absolute Gasteiger partial charge is 0.240 e. The van der Waals surface area contributed by atoms with Gasteiger partial charge >= 0.3 is 0 Å². The fraction of sp³-hybridized carbons (Fsp3) is 0.471. The van der Waals surface area contributed by atoms with E-state index >= 15 is 0 Å². The van der Waals surface area contributed by atoms with Gasteiger partial charge in [-0.15, -0.1) is 0 Å². The van der Waals surface area contributed by atoms with Crippen LogP contribution in [0.5, 0.6) is 0 Å². The highest BCUT2D eigenvalue weighted by atomic mass is 16.3. The normalized spacial score (nSPS) is 15.0. The van der Waals surface area contributed by atoms with E-state index in [-0.39, 0.29) is 17.4 Å². The Hall–Kier alpha value is -1.81. The summed E-state index contributed by atoms with van der Waals surface area (Å²) in [6, 6.07) is 9.12. The molecule has 2 aromatic rings. The van der Waals surface area contributed by atoms with Gasteiger partial charge in [-0.25, -0.2) is 0 Å². The van der Waals surface area contributed by atoms with Gasteiger partial charge in [0.15, 0.2) is 0 Å². The van der Waals surface area contributed by atoms with Gasteiger partial charge in [-0.05, 0) is 24.5 Å². The Balaban J connectivity index is 2.22. The summed E-state index contributed by atoms with van der Waals surface area (Å²) in [4.78, 5) is 14.1. The number of rotatable bonds is 3. The molecular formula is C17H24N2O2. The highest BCUT2D eigenvalue weighted by molar-refractivity contribution is 5.83. The number of amides is 1. The van der Waals surface area contributed by atoms with Crippen molar-refractivity contribution in [3.8, 4) is 0 Å². The second kappa shape index (κ2) is 5.53. The first kappa shape index (κ1) is 15.6. The van der Waals surface area contributed by atoms with Crippen molar-refractivity contribution in [3.63, 3.8) is 0 Å². The third-order valence-electron chi connectivity index (χ3n) is 3.98. The summed E-state index contributed by atoms with van der Waals surface area (Å²) in [7, 11) is 1.77. The lowest BCUT2D eigenvalue weighted by Gasteiger charge is -2.32. The number of fused-ring (bicyclic) bond motifs is 1. The van der Waals surface area contributed by atoms with E-state index < -0.39 is 6.04 Å². The van der Waals surface area contributed by atoms with Gasteiger partial charge in [0.2, 0.25) is 5.91 Å². The molecule has 1 aromatic carbocycles. The third-order valence-corrected chi connectivity index (χ3v) is 3.98. The summed E-state index contributed by atoms with van der Waals surface area (Å²) in [6.45, 7) is 7.85. The maximum atomic E-state index is 12.5. The predicted molar refractivity (Wildman–Crippen MR) is 84.8 cm³/mol. The fourth-order valence-electron chi connectivity index (χ4n) is 2.18. The van der Waals surface area contributed by atoms with E-state index in [0.717, 1.165) is 16.7 Å². The molecule has 0 bridgehead atoms. The summed E-state index contributed by atoms with van der Waals surface area (Å²) in [5, 5.41) is 1.04. The molecule has 0 radical (unpaired) electrons.